The zero-order chi connectivity index (χ0) is 24.1. The van der Waals surface area contributed by atoms with E-state index in [0.717, 1.165) is 32.4 Å². The van der Waals surface area contributed by atoms with E-state index in [1.54, 1.807) is 44.5 Å². The number of hydrogen-bond donors (Lipinski definition) is 1. The van der Waals surface area contributed by atoms with Crippen molar-refractivity contribution in [1.82, 2.24) is 14.9 Å². The summed E-state index contributed by atoms with van der Waals surface area (Å²) in [6.45, 7) is 9.51. The lowest BCUT2D eigenvalue weighted by atomic mass is 10.00. The first-order valence-electron chi connectivity index (χ1n) is 11.3. The first-order chi connectivity index (χ1) is 16.5. The summed E-state index contributed by atoms with van der Waals surface area (Å²) < 4.78 is 27.2. The molecular weight excluding hydrogens is 435 g/mol. The van der Waals surface area contributed by atoms with Crippen molar-refractivity contribution in [2.75, 3.05) is 26.8 Å². The molecule has 34 heavy (non-hydrogen) atoms. The van der Waals surface area contributed by atoms with Crippen LogP contribution >= 0.6 is 0 Å². The fourth-order valence-corrected chi connectivity index (χ4v) is 4.13. The van der Waals surface area contributed by atoms with E-state index in [2.05, 4.69) is 15.1 Å². The zero-order valence-corrected chi connectivity index (χ0v) is 19.3. The van der Waals surface area contributed by atoms with Crippen molar-refractivity contribution in [2.24, 2.45) is 13.0 Å². The van der Waals surface area contributed by atoms with Gasteiger partial charge in [0, 0.05) is 12.6 Å². The molecule has 0 aliphatic carbocycles. The van der Waals surface area contributed by atoms with Gasteiger partial charge in [-0.05, 0) is 62.0 Å². The van der Waals surface area contributed by atoms with Crippen LogP contribution in [0.1, 0.15) is 19.3 Å². The molecule has 0 radical (unpaired) electrons. The molecule has 1 saturated heterocycles. The minimum absolute atomic E-state index is 0.0861. The van der Waals surface area contributed by atoms with Crippen LogP contribution in [-0.2, 0) is 7.05 Å². The molecule has 4 rings (SSSR count). The monoisotopic (exact) mass is 462 g/mol. The predicted octanol–water partition coefficient (Wildman–Crippen LogP) is 4.58. The number of hydrogen-bond acceptors (Lipinski definition) is 5. The Morgan fingerprint density at radius 1 is 1.18 bits per heavy atom. The summed E-state index contributed by atoms with van der Waals surface area (Å²) in [7, 11) is 3.19. The third kappa shape index (κ3) is 4.95. The maximum Gasteiger partial charge on any atom is 0.299 e. The van der Waals surface area contributed by atoms with Gasteiger partial charge in [-0.3, -0.25) is 9.36 Å². The molecule has 1 N–H and O–H groups in total. The van der Waals surface area contributed by atoms with Crippen molar-refractivity contribution in [2.45, 2.75) is 19.3 Å². The summed E-state index contributed by atoms with van der Waals surface area (Å²) in [5.74, 6) is 0.358. The van der Waals surface area contributed by atoms with Gasteiger partial charge in [0.05, 0.1) is 31.5 Å². The summed E-state index contributed by atoms with van der Waals surface area (Å²) in [6, 6.07) is 11.5. The molecule has 2 heterocycles. The molecule has 1 unspecified atom stereocenters. The smallest absolute Gasteiger partial charge is 0.299 e. The van der Waals surface area contributed by atoms with Gasteiger partial charge in [0.15, 0.2) is 0 Å². The van der Waals surface area contributed by atoms with Crippen LogP contribution < -0.4 is 20.3 Å². The molecule has 0 saturated carbocycles. The maximum atomic E-state index is 14.5. The van der Waals surface area contributed by atoms with E-state index in [4.69, 9.17) is 16.0 Å². The molecule has 0 bridgehead atoms. The second-order valence-electron chi connectivity index (χ2n) is 8.35. The van der Waals surface area contributed by atoms with E-state index in [0.29, 0.717) is 40.7 Å². The Balaban J connectivity index is 1.80. The molecule has 1 aromatic heterocycles. The average Bonchev–Trinajstić information content (AvgIpc) is 3.14. The quantitative estimate of drug-likeness (QED) is 0.543. The number of methoxy groups -OCH3 is 1. The number of rotatable bonds is 6. The largest absolute Gasteiger partial charge is 0.497 e. The second-order valence-corrected chi connectivity index (χ2v) is 8.35. The third-order valence-corrected chi connectivity index (χ3v) is 6.11. The normalized spacial score (nSPS) is 15.9. The summed E-state index contributed by atoms with van der Waals surface area (Å²) in [5, 5.41) is 3.38. The van der Waals surface area contributed by atoms with Crippen molar-refractivity contribution in [1.29, 1.82) is 0 Å². The van der Waals surface area contributed by atoms with E-state index >= 15 is 0 Å². The fourth-order valence-electron chi connectivity index (χ4n) is 4.13. The summed E-state index contributed by atoms with van der Waals surface area (Å²) in [5.41, 5.74) is 1.27. The molecule has 1 aliphatic rings. The highest BCUT2D eigenvalue weighted by molar-refractivity contribution is 5.81. The van der Waals surface area contributed by atoms with E-state index in [-0.39, 0.29) is 17.3 Å². The molecule has 7 nitrogen and oxygen atoms in total. The topological polar surface area (TPSA) is 69.7 Å². The van der Waals surface area contributed by atoms with E-state index in [9.17, 15) is 9.18 Å². The lowest BCUT2D eigenvalue weighted by Gasteiger charge is -2.18. The lowest BCUT2D eigenvalue weighted by Crippen LogP contribution is -2.25. The number of halogens is 1. The number of aromatic nitrogens is 2. The van der Waals surface area contributed by atoms with E-state index in [1.807, 2.05) is 0 Å². The standard InChI is InChI=1S/C26H27FN4O3/c1-28-22-11-8-19(15-21(22)27)24-23(18-6-9-20(33-3)10-7-18)25(32)31(2)26(30-24)34-16-17-5-4-13-29-14-12-17/h6-11,15,17,29H,4-5,12-14,16H2,2-3H3. The van der Waals surface area contributed by atoms with Crippen LogP contribution in [0.5, 0.6) is 11.8 Å². The maximum absolute atomic E-state index is 14.5. The van der Waals surface area contributed by atoms with Crippen molar-refractivity contribution in [3.63, 3.8) is 0 Å². The van der Waals surface area contributed by atoms with Gasteiger partial charge in [0.2, 0.25) is 5.69 Å². The van der Waals surface area contributed by atoms with Crippen LogP contribution in [0, 0.1) is 18.3 Å². The van der Waals surface area contributed by atoms with Crippen LogP contribution in [0.15, 0.2) is 47.3 Å². The van der Waals surface area contributed by atoms with Crippen LogP contribution in [0.3, 0.4) is 0 Å². The Bertz CT molecular complexity index is 1260. The van der Waals surface area contributed by atoms with Crippen LogP contribution in [-0.4, -0.2) is 36.4 Å². The Morgan fingerprint density at radius 2 is 1.94 bits per heavy atom. The van der Waals surface area contributed by atoms with Gasteiger partial charge in [-0.15, -0.1) is 0 Å². The SMILES string of the molecule is [C-]#[N+]c1ccc(-c2nc(OCC3CCCNCC3)n(C)c(=O)c2-c2ccc(OC)cc2)cc1F. The highest BCUT2D eigenvalue weighted by atomic mass is 19.1. The van der Waals surface area contributed by atoms with Crippen LogP contribution in [0.4, 0.5) is 10.1 Å². The molecule has 2 aromatic carbocycles. The van der Waals surface area contributed by atoms with E-state index < -0.39 is 5.82 Å². The van der Waals surface area contributed by atoms with Crippen molar-refractivity contribution in [3.8, 4) is 34.1 Å². The predicted molar refractivity (Wildman–Crippen MR) is 129 cm³/mol. The summed E-state index contributed by atoms with van der Waals surface area (Å²) in [6.07, 6.45) is 3.11. The van der Waals surface area contributed by atoms with Gasteiger partial charge in [-0.2, -0.15) is 4.98 Å². The number of ether oxygens (including phenoxy) is 2. The molecule has 0 amide bonds. The highest BCUT2D eigenvalue weighted by Crippen LogP contribution is 2.33. The molecule has 1 atom stereocenters. The Labute approximate surface area is 198 Å². The van der Waals surface area contributed by atoms with Crippen molar-refractivity contribution < 1.29 is 13.9 Å². The molecule has 1 aliphatic heterocycles. The van der Waals surface area contributed by atoms with Gasteiger partial charge in [0.1, 0.15) is 11.6 Å². The number of benzene rings is 2. The highest BCUT2D eigenvalue weighted by Gasteiger charge is 2.21. The summed E-state index contributed by atoms with van der Waals surface area (Å²) >= 11 is 0. The van der Waals surface area contributed by atoms with Gasteiger partial charge < -0.3 is 14.8 Å². The van der Waals surface area contributed by atoms with Gasteiger partial charge in [-0.1, -0.05) is 24.3 Å². The number of nitrogens with zero attached hydrogens (tertiary/aromatic N) is 3. The Kier molecular flexibility index (Phi) is 7.24. The lowest BCUT2D eigenvalue weighted by molar-refractivity contribution is 0.211. The summed E-state index contributed by atoms with van der Waals surface area (Å²) in [4.78, 5) is 21.4. The molecule has 3 aromatic rings. The van der Waals surface area contributed by atoms with Gasteiger partial charge >= 0.3 is 0 Å². The van der Waals surface area contributed by atoms with Crippen LogP contribution in [0.2, 0.25) is 0 Å². The van der Waals surface area contributed by atoms with Crippen molar-refractivity contribution in [3.05, 3.63) is 70.1 Å². The molecule has 1 fully saturated rings. The minimum atomic E-state index is -0.663. The molecular formula is C26H27FN4O3. The van der Waals surface area contributed by atoms with Crippen LogP contribution in [0.25, 0.3) is 27.2 Å². The van der Waals surface area contributed by atoms with Gasteiger partial charge in [-0.25, -0.2) is 9.24 Å². The van der Waals surface area contributed by atoms with E-state index in [1.165, 1.54) is 16.7 Å². The second kappa shape index (κ2) is 10.5. The van der Waals surface area contributed by atoms with Crippen molar-refractivity contribution >= 4 is 5.69 Å². The minimum Gasteiger partial charge on any atom is -0.497 e. The number of nitrogens with one attached hydrogen (secondary N) is 1. The first-order valence-corrected chi connectivity index (χ1v) is 11.3. The zero-order valence-electron chi connectivity index (χ0n) is 19.3. The average molecular weight is 463 g/mol. The molecule has 176 valence electrons. The Hall–Kier alpha value is -3.70. The molecule has 0 spiro atoms. The molecule has 8 heteroatoms. The fraction of sp³-hybridized carbons (Fsp3) is 0.346. The third-order valence-electron chi connectivity index (χ3n) is 6.11. The van der Waals surface area contributed by atoms with Gasteiger partial charge in [0.25, 0.3) is 11.6 Å². The Morgan fingerprint density at radius 3 is 2.65 bits per heavy atom. The first kappa shape index (κ1) is 23.5.